The van der Waals surface area contributed by atoms with Gasteiger partial charge in [-0.15, -0.1) is 0 Å². The summed E-state index contributed by atoms with van der Waals surface area (Å²) in [5.41, 5.74) is 17.8. The smallest absolute Gasteiger partial charge is 0.245 e. The van der Waals surface area contributed by atoms with Crippen molar-refractivity contribution in [3.8, 4) is 0 Å². The topological polar surface area (TPSA) is 233 Å². The Labute approximate surface area is 309 Å². The quantitative estimate of drug-likeness (QED) is 0.0338. The molecule has 0 spiro atoms. The number of carbonyl (C=O) groups is 5. The molecule has 0 aliphatic rings. The van der Waals surface area contributed by atoms with Crippen molar-refractivity contribution in [2.24, 2.45) is 22.2 Å². The van der Waals surface area contributed by atoms with E-state index in [1.807, 2.05) is 30.3 Å². The van der Waals surface area contributed by atoms with Crippen molar-refractivity contribution < 1.29 is 28.7 Å². The van der Waals surface area contributed by atoms with Crippen LogP contribution in [0.4, 0.5) is 0 Å². The average molecular weight is 747 g/mol. The molecule has 0 heterocycles. The van der Waals surface area contributed by atoms with Gasteiger partial charge in [0.1, 0.15) is 24.2 Å². The number of guanidine groups is 1. The summed E-state index contributed by atoms with van der Waals surface area (Å²) >= 11 is 10.2. The number of nitrogens with one attached hydrogen (secondary N) is 4. The van der Waals surface area contributed by atoms with Gasteiger partial charge in [0.2, 0.25) is 29.5 Å². The third-order valence-electron chi connectivity index (χ3n) is 7.71. The predicted octanol–water partition coefficient (Wildman–Crippen LogP) is 1.48. The fraction of sp³-hybridized carbons (Fsp3) is 0.486. The molecule has 0 aromatic heterocycles. The Hall–Kier alpha value is -4.34. The number of halogens is 1. The first-order valence-electron chi connectivity index (χ1n) is 17.0. The summed E-state index contributed by atoms with van der Waals surface area (Å²) in [6.07, 6.45) is 4.16. The summed E-state index contributed by atoms with van der Waals surface area (Å²) in [6, 6.07) is 11.5. The van der Waals surface area contributed by atoms with E-state index in [0.29, 0.717) is 17.0 Å². The molecule has 14 nitrogen and oxygen atoms in total. The number of aliphatic imine (C=N–C) groups is 1. The lowest BCUT2D eigenvalue weighted by Gasteiger charge is -2.26. The number of ether oxygens (including phenoxy) is 1. The Kier molecular flexibility index (Phi) is 20.1. The normalized spacial score (nSPS) is 13.2. The second-order valence-corrected chi connectivity index (χ2v) is 12.8. The van der Waals surface area contributed by atoms with E-state index >= 15 is 0 Å². The van der Waals surface area contributed by atoms with Crippen molar-refractivity contribution in [2.45, 2.75) is 89.1 Å². The molecular weight excluding hydrogens is 696 g/mol. The van der Waals surface area contributed by atoms with Gasteiger partial charge in [0.15, 0.2) is 5.96 Å². The Morgan fingerprint density at radius 2 is 1.39 bits per heavy atom. The number of unbranched alkanes of at least 4 members (excludes halogenated alkanes) is 3. The second-order valence-electron chi connectivity index (χ2n) is 12.0. The lowest BCUT2D eigenvalue weighted by Crippen LogP contribution is -2.59. The fourth-order valence-electron chi connectivity index (χ4n) is 4.89. The molecule has 2 rings (SSSR count). The first-order chi connectivity index (χ1) is 24.4. The van der Waals surface area contributed by atoms with Gasteiger partial charge in [-0.25, -0.2) is 0 Å². The van der Waals surface area contributed by atoms with Crippen LogP contribution < -0.4 is 38.5 Å². The molecule has 2 aromatic rings. The molecule has 0 unspecified atom stereocenters. The summed E-state index contributed by atoms with van der Waals surface area (Å²) < 4.78 is 5.84. The van der Waals surface area contributed by atoms with Gasteiger partial charge in [-0.2, -0.15) is 12.6 Å². The Morgan fingerprint density at radius 3 is 2.02 bits per heavy atom. The highest BCUT2D eigenvalue weighted by Gasteiger charge is 2.31. The average Bonchev–Trinajstić information content (AvgIpc) is 3.10. The van der Waals surface area contributed by atoms with Gasteiger partial charge in [0, 0.05) is 30.2 Å². The summed E-state index contributed by atoms with van der Waals surface area (Å²) in [5.74, 6) is -3.37. The van der Waals surface area contributed by atoms with Crippen LogP contribution in [0.25, 0.3) is 0 Å². The fourth-order valence-corrected chi connectivity index (χ4v) is 5.29. The molecule has 0 aliphatic carbocycles. The largest absolute Gasteiger partial charge is 0.374 e. The maximum absolute atomic E-state index is 13.9. The van der Waals surface area contributed by atoms with E-state index < -0.39 is 47.8 Å². The molecule has 0 fully saturated rings. The van der Waals surface area contributed by atoms with Crippen LogP contribution in [0.3, 0.4) is 0 Å². The Morgan fingerprint density at radius 1 is 0.765 bits per heavy atom. The number of hydrogen-bond acceptors (Lipinski definition) is 8. The van der Waals surface area contributed by atoms with Crippen LogP contribution in [0.1, 0.15) is 63.0 Å². The molecule has 280 valence electrons. The molecule has 4 atom stereocenters. The van der Waals surface area contributed by atoms with E-state index in [1.165, 1.54) is 0 Å². The molecule has 0 aliphatic heterocycles. The molecule has 0 radical (unpaired) electrons. The number of amides is 5. The summed E-state index contributed by atoms with van der Waals surface area (Å²) in [4.78, 5) is 69.7. The number of nitrogens with zero attached hydrogens (tertiary/aromatic N) is 1. The second kappa shape index (κ2) is 24.0. The van der Waals surface area contributed by atoms with Crippen LogP contribution in [0.15, 0.2) is 59.6 Å². The number of nitrogens with two attached hydrogens (primary N) is 3. The lowest BCUT2D eigenvalue weighted by molar-refractivity contribution is -0.135. The molecule has 10 N–H and O–H groups in total. The van der Waals surface area contributed by atoms with Crippen molar-refractivity contribution >= 4 is 59.7 Å². The van der Waals surface area contributed by atoms with Crippen molar-refractivity contribution in [2.75, 3.05) is 18.9 Å². The van der Waals surface area contributed by atoms with Crippen LogP contribution in [-0.2, 0) is 41.7 Å². The zero-order valence-electron chi connectivity index (χ0n) is 28.9. The summed E-state index contributed by atoms with van der Waals surface area (Å²) in [5, 5.41) is 11.2. The van der Waals surface area contributed by atoms with Gasteiger partial charge in [0.05, 0.1) is 13.2 Å². The third kappa shape index (κ3) is 17.4. The number of rotatable bonds is 24. The zero-order valence-corrected chi connectivity index (χ0v) is 30.6. The molecule has 0 saturated carbocycles. The SMILES string of the molecule is CCCCCCC(=O)N[C@@H](COCc1ccccc1)C(=O)N[C@H](Cc1ccc(Cl)cc1)C(=O)N[C@@H](CCCN=C(N)N)C(=O)N[C@@H](CS)C(N)=O. The van der Waals surface area contributed by atoms with E-state index in [4.69, 9.17) is 33.5 Å². The van der Waals surface area contributed by atoms with Crippen molar-refractivity contribution in [1.82, 2.24) is 21.3 Å². The van der Waals surface area contributed by atoms with Gasteiger partial charge in [0.25, 0.3) is 0 Å². The first kappa shape index (κ1) is 42.8. The predicted molar refractivity (Wildman–Crippen MR) is 201 cm³/mol. The highest BCUT2D eigenvalue weighted by molar-refractivity contribution is 7.80. The highest BCUT2D eigenvalue weighted by Crippen LogP contribution is 2.13. The minimum Gasteiger partial charge on any atom is -0.374 e. The molecule has 2 aromatic carbocycles. The molecule has 0 saturated heterocycles. The van der Waals surface area contributed by atoms with Crippen LogP contribution in [-0.4, -0.2) is 78.6 Å². The van der Waals surface area contributed by atoms with Crippen LogP contribution in [0, 0.1) is 0 Å². The maximum atomic E-state index is 13.9. The number of benzene rings is 2. The molecular formula is C35H51ClN8O6S. The van der Waals surface area contributed by atoms with Crippen LogP contribution in [0.5, 0.6) is 0 Å². The van der Waals surface area contributed by atoms with Gasteiger partial charge in [-0.05, 0) is 42.5 Å². The monoisotopic (exact) mass is 746 g/mol. The summed E-state index contributed by atoms with van der Waals surface area (Å²) in [7, 11) is 0. The molecule has 51 heavy (non-hydrogen) atoms. The van der Waals surface area contributed by atoms with Crippen molar-refractivity contribution in [3.63, 3.8) is 0 Å². The lowest BCUT2D eigenvalue weighted by atomic mass is 10.0. The van der Waals surface area contributed by atoms with E-state index in [1.54, 1.807) is 24.3 Å². The van der Waals surface area contributed by atoms with Gasteiger partial charge < -0.3 is 43.2 Å². The summed E-state index contributed by atoms with van der Waals surface area (Å²) in [6.45, 7) is 2.27. The van der Waals surface area contributed by atoms with Crippen molar-refractivity contribution in [3.05, 3.63) is 70.7 Å². The van der Waals surface area contributed by atoms with Crippen LogP contribution >= 0.6 is 24.2 Å². The maximum Gasteiger partial charge on any atom is 0.245 e. The number of primary amides is 1. The van der Waals surface area contributed by atoms with Gasteiger partial charge in [-0.3, -0.25) is 29.0 Å². The van der Waals surface area contributed by atoms with Crippen LogP contribution in [0.2, 0.25) is 5.02 Å². The molecule has 5 amide bonds. The molecule has 0 bridgehead atoms. The zero-order chi connectivity index (χ0) is 37.6. The van der Waals surface area contributed by atoms with E-state index in [9.17, 15) is 24.0 Å². The number of carbonyl (C=O) groups excluding carboxylic acids is 5. The van der Waals surface area contributed by atoms with E-state index in [-0.39, 0.29) is 63.1 Å². The molecule has 16 heteroatoms. The van der Waals surface area contributed by atoms with Crippen molar-refractivity contribution in [1.29, 1.82) is 0 Å². The minimum atomic E-state index is -1.21. The highest BCUT2D eigenvalue weighted by atomic mass is 35.5. The van der Waals surface area contributed by atoms with E-state index in [2.05, 4.69) is 45.8 Å². The number of hydrogen-bond donors (Lipinski definition) is 8. The van der Waals surface area contributed by atoms with Gasteiger partial charge in [-0.1, -0.05) is 80.3 Å². The minimum absolute atomic E-state index is 0.0141. The Balaban J connectivity index is 2.32. The first-order valence-corrected chi connectivity index (χ1v) is 18.0. The standard InChI is InChI=1S/C35H51ClN8O6S/c1-2-3-4-8-13-30(45)41-28(21-50-20-24-10-6-5-7-11-24)34(49)43-27(19-23-14-16-25(36)17-15-23)33(48)42-26(12-9-18-40-35(38)39)32(47)44-29(22-51)31(37)46/h5-7,10-11,14-17,26-29,51H,2-4,8-9,12-13,18-22H2,1H3,(H2,37,46)(H,41,45)(H,42,48)(H,43,49)(H,44,47)(H4,38,39,40)/t26-,27+,28-,29-/m0/s1. The van der Waals surface area contributed by atoms with E-state index in [0.717, 1.165) is 24.8 Å². The Bertz CT molecular complexity index is 1430. The van der Waals surface area contributed by atoms with Gasteiger partial charge >= 0.3 is 0 Å². The number of thiol groups is 1. The third-order valence-corrected chi connectivity index (χ3v) is 8.33.